The van der Waals surface area contributed by atoms with E-state index in [0.717, 1.165) is 12.1 Å². The van der Waals surface area contributed by atoms with Crippen molar-refractivity contribution in [2.45, 2.75) is 56.8 Å². The summed E-state index contributed by atoms with van der Waals surface area (Å²) in [6, 6.07) is 0.244. The van der Waals surface area contributed by atoms with Gasteiger partial charge in [0.15, 0.2) is 0 Å². The lowest BCUT2D eigenvalue weighted by Crippen LogP contribution is -2.49. The maximum absolute atomic E-state index is 10.6. The molecule has 4 heteroatoms. The number of aliphatic carboxylic acids is 1. The minimum absolute atomic E-state index is 0.226. The molecule has 0 saturated carbocycles. The highest BCUT2D eigenvalue weighted by molar-refractivity contribution is 5.80. The molecule has 0 aromatic heterocycles. The quantitative estimate of drug-likeness (QED) is 0.431. The first kappa shape index (κ1) is 15.5. The highest BCUT2D eigenvalue weighted by atomic mass is 16.6. The number of ether oxygens (including phenoxy) is 1. The molecule has 120 valence electrons. The van der Waals surface area contributed by atoms with Gasteiger partial charge in [0.05, 0.1) is 12.1 Å². The predicted octanol–water partition coefficient (Wildman–Crippen LogP) is 2.82. The zero-order chi connectivity index (χ0) is 15.6. The zero-order valence-electron chi connectivity index (χ0n) is 13.1. The number of unbranched alkanes of at least 4 members (excludes halogenated alkanes) is 3. The minimum Gasteiger partial charge on any atom is -0.478 e. The van der Waals surface area contributed by atoms with E-state index in [-0.39, 0.29) is 11.6 Å². The fourth-order valence-corrected chi connectivity index (χ4v) is 3.87. The molecule has 2 heterocycles. The van der Waals surface area contributed by atoms with Gasteiger partial charge in [-0.25, -0.2) is 4.79 Å². The molecule has 22 heavy (non-hydrogen) atoms. The van der Waals surface area contributed by atoms with Crippen LogP contribution >= 0.6 is 0 Å². The summed E-state index contributed by atoms with van der Waals surface area (Å²) in [5.74, 6) is -0.350. The first-order valence-corrected chi connectivity index (χ1v) is 8.39. The molecular weight excluding hydrogens is 278 g/mol. The van der Waals surface area contributed by atoms with Gasteiger partial charge >= 0.3 is 5.97 Å². The Morgan fingerprint density at radius 1 is 1.50 bits per heavy atom. The largest absolute Gasteiger partial charge is 0.478 e. The number of hydrogen-bond donors (Lipinski definition) is 2. The van der Waals surface area contributed by atoms with E-state index in [1.54, 1.807) is 6.08 Å². The van der Waals surface area contributed by atoms with Crippen LogP contribution in [-0.2, 0) is 9.53 Å². The SMILES string of the molecule is CCCCCCC1CNC2C=CC(=CC=CC(=O)O)C23OC13. The van der Waals surface area contributed by atoms with Crippen molar-refractivity contribution < 1.29 is 14.6 Å². The van der Waals surface area contributed by atoms with Crippen LogP contribution in [0.2, 0.25) is 0 Å². The number of carboxylic acid groups (broad SMARTS) is 1. The smallest absolute Gasteiger partial charge is 0.328 e. The Morgan fingerprint density at radius 3 is 3.14 bits per heavy atom. The number of carboxylic acids is 1. The Labute approximate surface area is 131 Å². The van der Waals surface area contributed by atoms with E-state index < -0.39 is 5.97 Å². The van der Waals surface area contributed by atoms with E-state index in [1.807, 2.05) is 6.08 Å². The van der Waals surface area contributed by atoms with Crippen molar-refractivity contribution in [3.63, 3.8) is 0 Å². The monoisotopic (exact) mass is 303 g/mol. The van der Waals surface area contributed by atoms with Crippen LogP contribution in [0.4, 0.5) is 0 Å². The molecule has 0 aromatic carbocycles. The molecule has 3 aliphatic rings. The second-order valence-corrected chi connectivity index (χ2v) is 6.51. The fourth-order valence-electron chi connectivity index (χ4n) is 3.87. The average molecular weight is 303 g/mol. The van der Waals surface area contributed by atoms with Crippen molar-refractivity contribution in [2.24, 2.45) is 5.92 Å². The first-order valence-electron chi connectivity index (χ1n) is 8.39. The van der Waals surface area contributed by atoms with Crippen LogP contribution in [0.3, 0.4) is 0 Å². The Kier molecular flexibility index (Phi) is 4.50. The highest BCUT2D eigenvalue weighted by Gasteiger charge is 2.68. The molecule has 2 saturated heterocycles. The third kappa shape index (κ3) is 2.77. The van der Waals surface area contributed by atoms with Crippen LogP contribution in [0.5, 0.6) is 0 Å². The van der Waals surface area contributed by atoms with E-state index in [9.17, 15) is 4.79 Å². The molecule has 3 rings (SSSR count). The van der Waals surface area contributed by atoms with Crippen LogP contribution in [0.15, 0.2) is 36.0 Å². The van der Waals surface area contributed by atoms with Crippen LogP contribution in [0.25, 0.3) is 0 Å². The summed E-state index contributed by atoms with van der Waals surface area (Å²) in [5, 5.41) is 12.3. The molecule has 2 aliphatic heterocycles. The Hall–Kier alpha value is -1.39. The summed E-state index contributed by atoms with van der Waals surface area (Å²) in [4.78, 5) is 10.6. The topological polar surface area (TPSA) is 61.9 Å². The van der Waals surface area contributed by atoms with Crippen LogP contribution < -0.4 is 5.32 Å². The number of rotatable bonds is 7. The lowest BCUT2D eigenvalue weighted by molar-refractivity contribution is -0.131. The Balaban J connectivity index is 1.63. The van der Waals surface area contributed by atoms with Gasteiger partial charge in [0, 0.05) is 18.5 Å². The van der Waals surface area contributed by atoms with Gasteiger partial charge in [-0.15, -0.1) is 0 Å². The molecule has 0 amide bonds. The zero-order valence-corrected chi connectivity index (χ0v) is 13.1. The molecule has 2 fully saturated rings. The molecule has 1 spiro atoms. The molecule has 4 atom stereocenters. The number of epoxide rings is 1. The van der Waals surface area contributed by atoms with E-state index in [0.29, 0.717) is 12.0 Å². The summed E-state index contributed by atoms with van der Waals surface area (Å²) in [7, 11) is 0. The number of hydrogen-bond acceptors (Lipinski definition) is 3. The van der Waals surface area contributed by atoms with Crippen molar-refractivity contribution in [1.29, 1.82) is 0 Å². The lowest BCUT2D eigenvalue weighted by Gasteiger charge is -2.29. The summed E-state index contributed by atoms with van der Waals surface area (Å²) in [6.07, 6.45) is 15.5. The number of nitrogens with one attached hydrogen (secondary N) is 1. The second kappa shape index (κ2) is 6.39. The van der Waals surface area contributed by atoms with E-state index >= 15 is 0 Å². The van der Waals surface area contributed by atoms with Crippen molar-refractivity contribution in [3.05, 3.63) is 36.0 Å². The van der Waals surface area contributed by atoms with Gasteiger partial charge < -0.3 is 15.2 Å². The van der Waals surface area contributed by atoms with Gasteiger partial charge in [-0.1, -0.05) is 56.9 Å². The van der Waals surface area contributed by atoms with Gasteiger partial charge in [-0.2, -0.15) is 0 Å². The molecular formula is C18H25NO3. The predicted molar refractivity (Wildman–Crippen MR) is 85.6 cm³/mol. The molecule has 1 aliphatic carbocycles. The van der Waals surface area contributed by atoms with Crippen molar-refractivity contribution >= 4 is 5.97 Å². The van der Waals surface area contributed by atoms with Gasteiger partial charge in [-0.3, -0.25) is 0 Å². The summed E-state index contributed by atoms with van der Waals surface area (Å²) in [6.45, 7) is 3.25. The molecule has 0 aromatic rings. The number of piperidine rings is 1. The van der Waals surface area contributed by atoms with Gasteiger partial charge in [0.25, 0.3) is 0 Å². The van der Waals surface area contributed by atoms with Crippen LogP contribution in [-0.4, -0.2) is 35.4 Å². The van der Waals surface area contributed by atoms with Crippen molar-refractivity contribution in [3.8, 4) is 0 Å². The third-order valence-corrected chi connectivity index (χ3v) is 5.04. The first-order chi connectivity index (χ1) is 10.7. The Bertz CT molecular complexity index is 522. The molecule has 0 radical (unpaired) electrons. The van der Waals surface area contributed by atoms with Gasteiger partial charge in [0.2, 0.25) is 0 Å². The lowest BCUT2D eigenvalue weighted by atomic mass is 9.81. The highest BCUT2D eigenvalue weighted by Crippen LogP contribution is 2.56. The van der Waals surface area contributed by atoms with E-state index in [4.69, 9.17) is 9.84 Å². The maximum atomic E-state index is 10.6. The number of allylic oxidation sites excluding steroid dienone is 2. The number of carbonyl (C=O) groups is 1. The van der Waals surface area contributed by atoms with Crippen molar-refractivity contribution in [2.75, 3.05) is 6.54 Å². The van der Waals surface area contributed by atoms with Crippen LogP contribution in [0, 0.1) is 5.92 Å². The van der Waals surface area contributed by atoms with E-state index in [1.165, 1.54) is 38.2 Å². The summed E-state index contributed by atoms with van der Waals surface area (Å²) < 4.78 is 6.15. The van der Waals surface area contributed by atoms with E-state index in [2.05, 4.69) is 24.4 Å². The minimum atomic E-state index is -0.920. The second-order valence-electron chi connectivity index (χ2n) is 6.51. The third-order valence-electron chi connectivity index (χ3n) is 5.04. The molecule has 2 N–H and O–H groups in total. The van der Waals surface area contributed by atoms with Crippen molar-refractivity contribution in [1.82, 2.24) is 5.32 Å². The fraction of sp³-hybridized carbons (Fsp3) is 0.611. The summed E-state index contributed by atoms with van der Waals surface area (Å²) in [5.41, 5.74) is 0.877. The normalized spacial score (nSPS) is 37.5. The Morgan fingerprint density at radius 2 is 2.36 bits per heavy atom. The van der Waals surface area contributed by atoms with Gasteiger partial charge in [-0.05, 0) is 12.0 Å². The molecule has 4 nitrogen and oxygen atoms in total. The standard InChI is InChI=1S/C18H25NO3/c1-2-3-4-5-7-13-12-19-15-11-10-14(8-6-9-16(20)21)18(15)17(13)22-18/h6,8-11,13,15,17,19H,2-5,7,12H2,1H3,(H,20,21). The maximum Gasteiger partial charge on any atom is 0.328 e. The summed E-state index contributed by atoms with van der Waals surface area (Å²) >= 11 is 0. The van der Waals surface area contributed by atoms with Gasteiger partial charge in [0.1, 0.15) is 5.60 Å². The molecule has 4 unspecified atom stereocenters. The van der Waals surface area contributed by atoms with Crippen LogP contribution in [0.1, 0.15) is 39.0 Å². The average Bonchev–Trinajstić information content (AvgIpc) is 3.15. The molecule has 0 bridgehead atoms.